The van der Waals surface area contributed by atoms with E-state index >= 15 is 0 Å². The van der Waals surface area contributed by atoms with Gasteiger partial charge in [-0.15, -0.1) is 0 Å². The van der Waals surface area contributed by atoms with Gasteiger partial charge in [0.1, 0.15) is 0 Å². The number of aliphatic hydroxyl groups is 1. The molecule has 104 valence electrons. The third-order valence-electron chi connectivity index (χ3n) is 3.64. The Balaban J connectivity index is 1.94. The summed E-state index contributed by atoms with van der Waals surface area (Å²) in [6, 6.07) is 7.53. The zero-order chi connectivity index (χ0) is 13.7. The number of nitrogens with zero attached hydrogens (tertiary/aromatic N) is 1. The highest BCUT2D eigenvalue weighted by Gasteiger charge is 2.19. The summed E-state index contributed by atoms with van der Waals surface area (Å²) in [4.78, 5) is 13.7. The van der Waals surface area contributed by atoms with Crippen LogP contribution in [-0.4, -0.2) is 42.8 Å². The largest absolute Gasteiger partial charge is 0.465 e. The lowest BCUT2D eigenvalue weighted by Gasteiger charge is -2.31. The fraction of sp³-hybridized carbons (Fsp3) is 0.533. The van der Waals surface area contributed by atoms with Crippen LogP contribution in [0.25, 0.3) is 0 Å². The second kappa shape index (κ2) is 6.68. The average molecular weight is 263 g/mol. The lowest BCUT2D eigenvalue weighted by Crippen LogP contribution is -2.36. The molecule has 1 aliphatic heterocycles. The highest BCUT2D eigenvalue weighted by Crippen LogP contribution is 2.18. The van der Waals surface area contributed by atoms with Gasteiger partial charge in [0.25, 0.3) is 0 Å². The summed E-state index contributed by atoms with van der Waals surface area (Å²) in [6.07, 6.45) is 2.26. The number of piperidine rings is 1. The normalized spacial score (nSPS) is 20.2. The van der Waals surface area contributed by atoms with E-state index in [2.05, 4.69) is 9.64 Å². The maximum Gasteiger partial charge on any atom is 0.337 e. The number of carbonyl (C=O) groups excluding carboxylic acids is 1. The minimum atomic E-state index is -0.301. The number of methoxy groups -OCH3 is 1. The monoisotopic (exact) mass is 263 g/mol. The second-order valence-electron chi connectivity index (χ2n) is 5.11. The van der Waals surface area contributed by atoms with Gasteiger partial charge < -0.3 is 9.84 Å². The first-order chi connectivity index (χ1) is 9.22. The molecule has 0 radical (unpaired) electrons. The highest BCUT2D eigenvalue weighted by molar-refractivity contribution is 5.89. The maximum atomic E-state index is 11.3. The van der Waals surface area contributed by atoms with Gasteiger partial charge in [0.05, 0.1) is 12.7 Å². The van der Waals surface area contributed by atoms with Crippen LogP contribution in [0.15, 0.2) is 24.3 Å². The molecule has 0 aromatic heterocycles. The number of rotatable bonds is 4. The Morgan fingerprint density at radius 3 is 2.79 bits per heavy atom. The molecule has 0 bridgehead atoms. The summed E-state index contributed by atoms with van der Waals surface area (Å²) < 4.78 is 4.68. The molecule has 0 spiro atoms. The van der Waals surface area contributed by atoms with Crippen molar-refractivity contribution in [3.8, 4) is 0 Å². The molecule has 1 saturated heterocycles. The molecule has 1 heterocycles. The van der Waals surface area contributed by atoms with Crippen LogP contribution in [0.4, 0.5) is 0 Å². The van der Waals surface area contributed by atoms with Crippen molar-refractivity contribution in [2.45, 2.75) is 19.4 Å². The van der Waals surface area contributed by atoms with E-state index in [1.165, 1.54) is 12.7 Å². The number of benzene rings is 1. The minimum Gasteiger partial charge on any atom is -0.465 e. The number of hydrogen-bond acceptors (Lipinski definition) is 4. The van der Waals surface area contributed by atoms with Gasteiger partial charge in [0.15, 0.2) is 0 Å². The molecule has 1 aliphatic rings. The van der Waals surface area contributed by atoms with Crippen molar-refractivity contribution in [1.82, 2.24) is 4.90 Å². The molecule has 1 unspecified atom stereocenters. The fourth-order valence-corrected chi connectivity index (χ4v) is 2.57. The quantitative estimate of drug-likeness (QED) is 0.840. The van der Waals surface area contributed by atoms with Gasteiger partial charge in [0.2, 0.25) is 0 Å². The fourth-order valence-electron chi connectivity index (χ4n) is 2.57. The number of likely N-dealkylation sites (tertiary alicyclic amines) is 1. The molecule has 0 amide bonds. The van der Waals surface area contributed by atoms with E-state index < -0.39 is 0 Å². The van der Waals surface area contributed by atoms with Crippen molar-refractivity contribution >= 4 is 5.97 Å². The van der Waals surface area contributed by atoms with Gasteiger partial charge in [0, 0.05) is 19.7 Å². The Labute approximate surface area is 114 Å². The van der Waals surface area contributed by atoms with Gasteiger partial charge in [-0.2, -0.15) is 0 Å². The lowest BCUT2D eigenvalue weighted by atomic mass is 9.98. The molecule has 0 saturated carbocycles. The molecule has 19 heavy (non-hydrogen) atoms. The van der Waals surface area contributed by atoms with Crippen LogP contribution in [0.1, 0.15) is 28.8 Å². The molecular weight excluding hydrogens is 242 g/mol. The van der Waals surface area contributed by atoms with Gasteiger partial charge in [-0.25, -0.2) is 4.79 Å². The number of ether oxygens (including phenoxy) is 1. The zero-order valence-electron chi connectivity index (χ0n) is 11.3. The SMILES string of the molecule is COC(=O)c1ccc(CN2CCCC(CO)C2)cc1. The molecule has 4 heteroatoms. The molecule has 1 atom stereocenters. The predicted molar refractivity (Wildman–Crippen MR) is 72.9 cm³/mol. The minimum absolute atomic E-state index is 0.276. The van der Waals surface area contributed by atoms with Gasteiger partial charge >= 0.3 is 5.97 Å². The number of hydrogen-bond donors (Lipinski definition) is 1. The number of esters is 1. The van der Waals surface area contributed by atoms with E-state index in [1.54, 1.807) is 12.1 Å². The summed E-state index contributed by atoms with van der Waals surface area (Å²) in [5, 5.41) is 9.22. The van der Waals surface area contributed by atoms with E-state index in [4.69, 9.17) is 0 Å². The summed E-state index contributed by atoms with van der Waals surface area (Å²) in [7, 11) is 1.39. The summed E-state index contributed by atoms with van der Waals surface area (Å²) in [5.74, 6) is 0.105. The van der Waals surface area contributed by atoms with Crippen molar-refractivity contribution in [2.75, 3.05) is 26.8 Å². The molecule has 1 fully saturated rings. The molecule has 1 N–H and O–H groups in total. The molecule has 0 aliphatic carbocycles. The van der Waals surface area contributed by atoms with Crippen LogP contribution in [0.3, 0.4) is 0 Å². The topological polar surface area (TPSA) is 49.8 Å². The van der Waals surface area contributed by atoms with Gasteiger partial charge in [-0.05, 0) is 43.0 Å². The predicted octanol–water partition coefficient (Wildman–Crippen LogP) is 1.68. The van der Waals surface area contributed by atoms with Crippen molar-refractivity contribution in [3.63, 3.8) is 0 Å². The molecular formula is C15H21NO3. The van der Waals surface area contributed by atoms with Crippen molar-refractivity contribution in [3.05, 3.63) is 35.4 Å². The summed E-state index contributed by atoms with van der Waals surface area (Å²) in [6.45, 7) is 3.18. The third-order valence-corrected chi connectivity index (χ3v) is 3.64. The Morgan fingerprint density at radius 1 is 1.42 bits per heavy atom. The van der Waals surface area contributed by atoms with Crippen LogP contribution >= 0.6 is 0 Å². The molecule has 1 aromatic carbocycles. The summed E-state index contributed by atoms with van der Waals surface area (Å²) in [5.41, 5.74) is 1.77. The first-order valence-electron chi connectivity index (χ1n) is 6.73. The third kappa shape index (κ3) is 3.78. The number of carbonyl (C=O) groups is 1. The Bertz CT molecular complexity index is 416. The lowest BCUT2D eigenvalue weighted by molar-refractivity contribution is 0.0600. The Hall–Kier alpha value is -1.39. The van der Waals surface area contributed by atoms with E-state index in [0.717, 1.165) is 32.5 Å². The second-order valence-corrected chi connectivity index (χ2v) is 5.11. The van der Waals surface area contributed by atoms with Crippen LogP contribution < -0.4 is 0 Å². The maximum absolute atomic E-state index is 11.3. The number of aliphatic hydroxyl groups excluding tert-OH is 1. The smallest absolute Gasteiger partial charge is 0.337 e. The molecule has 1 aromatic rings. The standard InChI is InChI=1S/C15H21NO3/c1-19-15(18)14-6-4-12(5-7-14)9-16-8-2-3-13(10-16)11-17/h4-7,13,17H,2-3,8-11H2,1H3. The van der Waals surface area contributed by atoms with E-state index in [1.807, 2.05) is 12.1 Å². The Morgan fingerprint density at radius 2 is 2.16 bits per heavy atom. The van der Waals surface area contributed by atoms with Gasteiger partial charge in [-0.3, -0.25) is 4.90 Å². The van der Waals surface area contributed by atoms with E-state index in [-0.39, 0.29) is 12.6 Å². The van der Waals surface area contributed by atoms with Crippen molar-refractivity contribution in [2.24, 2.45) is 5.92 Å². The van der Waals surface area contributed by atoms with Gasteiger partial charge in [-0.1, -0.05) is 12.1 Å². The van der Waals surface area contributed by atoms with E-state index in [0.29, 0.717) is 11.5 Å². The zero-order valence-corrected chi connectivity index (χ0v) is 11.3. The van der Waals surface area contributed by atoms with Crippen molar-refractivity contribution < 1.29 is 14.6 Å². The molecule has 2 rings (SSSR count). The van der Waals surface area contributed by atoms with Crippen LogP contribution in [0, 0.1) is 5.92 Å². The van der Waals surface area contributed by atoms with Crippen LogP contribution in [-0.2, 0) is 11.3 Å². The Kier molecular flexibility index (Phi) is 4.93. The van der Waals surface area contributed by atoms with E-state index in [9.17, 15) is 9.90 Å². The first kappa shape index (κ1) is 14.0. The molecule has 4 nitrogen and oxygen atoms in total. The van der Waals surface area contributed by atoms with Crippen molar-refractivity contribution in [1.29, 1.82) is 0 Å². The average Bonchev–Trinajstić information content (AvgIpc) is 2.47. The highest BCUT2D eigenvalue weighted by atomic mass is 16.5. The van der Waals surface area contributed by atoms with Crippen LogP contribution in [0.5, 0.6) is 0 Å². The van der Waals surface area contributed by atoms with Crippen LogP contribution in [0.2, 0.25) is 0 Å². The first-order valence-corrected chi connectivity index (χ1v) is 6.73. The summed E-state index contributed by atoms with van der Waals surface area (Å²) >= 11 is 0.